The minimum Gasteiger partial charge on any atom is -0.346 e. The van der Waals surface area contributed by atoms with Crippen LogP contribution in [0, 0.1) is 11.7 Å². The van der Waals surface area contributed by atoms with Crippen molar-refractivity contribution in [3.8, 4) is 0 Å². The molecule has 0 radical (unpaired) electrons. The number of hydrogen-bond donors (Lipinski definition) is 1. The molecule has 2 atom stereocenters. The molecule has 2 rings (SSSR count). The van der Waals surface area contributed by atoms with Gasteiger partial charge in [-0.25, -0.2) is 4.39 Å². The van der Waals surface area contributed by atoms with Crippen molar-refractivity contribution in [3.63, 3.8) is 0 Å². The number of hydrogen-bond acceptors (Lipinski definition) is 2. The van der Waals surface area contributed by atoms with E-state index in [0.717, 1.165) is 25.7 Å². The molecule has 1 aliphatic rings. The Hall–Kier alpha value is -1.42. The second kappa shape index (κ2) is 7.73. The quantitative estimate of drug-likeness (QED) is 0.839. The van der Waals surface area contributed by atoms with Gasteiger partial charge in [0.05, 0.1) is 5.02 Å². The predicted molar refractivity (Wildman–Crippen MR) is 84.3 cm³/mol. The van der Waals surface area contributed by atoms with Crippen LogP contribution >= 0.6 is 11.6 Å². The fraction of sp³-hybridized carbons (Fsp3) is 0.529. The zero-order chi connectivity index (χ0) is 16.1. The summed E-state index contributed by atoms with van der Waals surface area (Å²) in [5.41, 5.74) is 0.456. The summed E-state index contributed by atoms with van der Waals surface area (Å²) in [6, 6.07) is 4.23. The Bertz CT molecular complexity index is 562. The lowest BCUT2D eigenvalue weighted by molar-refractivity contribution is -0.138. The minimum absolute atomic E-state index is 0.00800. The van der Waals surface area contributed by atoms with Gasteiger partial charge >= 0.3 is 0 Å². The zero-order valence-corrected chi connectivity index (χ0v) is 13.5. The van der Waals surface area contributed by atoms with E-state index >= 15 is 0 Å². The predicted octanol–water partition coefficient (Wildman–Crippen LogP) is 3.68. The number of rotatable bonds is 5. The van der Waals surface area contributed by atoms with E-state index in [1.165, 1.54) is 18.6 Å². The molecule has 1 fully saturated rings. The van der Waals surface area contributed by atoms with Gasteiger partial charge in [-0.1, -0.05) is 43.9 Å². The maximum Gasteiger partial charge on any atom is 0.287 e. The van der Waals surface area contributed by atoms with E-state index in [1.54, 1.807) is 6.07 Å². The van der Waals surface area contributed by atoms with E-state index in [2.05, 4.69) is 12.2 Å². The van der Waals surface area contributed by atoms with Crippen LogP contribution in [0.15, 0.2) is 18.2 Å². The van der Waals surface area contributed by atoms with Crippen LogP contribution in [0.1, 0.15) is 44.6 Å². The van der Waals surface area contributed by atoms with Gasteiger partial charge in [0.1, 0.15) is 5.82 Å². The number of nitrogens with one attached hydrogen (secondary N) is 1. The monoisotopic (exact) mass is 325 g/mol. The van der Waals surface area contributed by atoms with Crippen molar-refractivity contribution in [2.24, 2.45) is 5.92 Å². The molecular formula is C17H21ClFNO2. The Morgan fingerprint density at radius 2 is 2.05 bits per heavy atom. The highest BCUT2D eigenvalue weighted by molar-refractivity contribution is 6.36. The summed E-state index contributed by atoms with van der Waals surface area (Å²) in [7, 11) is 0. The summed E-state index contributed by atoms with van der Waals surface area (Å²) in [6.45, 7) is 2.10. The molecule has 1 saturated carbocycles. The topological polar surface area (TPSA) is 46.2 Å². The van der Waals surface area contributed by atoms with Crippen molar-refractivity contribution in [1.82, 2.24) is 5.32 Å². The molecule has 0 aromatic heterocycles. The number of benzene rings is 1. The van der Waals surface area contributed by atoms with Crippen LogP contribution in [0.4, 0.5) is 4.39 Å². The molecular weight excluding hydrogens is 305 g/mol. The first-order chi connectivity index (χ1) is 10.5. The second-order valence-corrected chi connectivity index (χ2v) is 6.29. The van der Waals surface area contributed by atoms with Crippen LogP contribution < -0.4 is 5.32 Å². The summed E-state index contributed by atoms with van der Waals surface area (Å²) in [4.78, 5) is 24.1. The molecule has 0 heterocycles. The van der Waals surface area contributed by atoms with Crippen LogP contribution in [0.5, 0.6) is 0 Å². The highest BCUT2D eigenvalue weighted by Gasteiger charge is 2.27. The first-order valence-electron chi connectivity index (χ1n) is 7.79. The molecule has 1 amide bonds. The fourth-order valence-corrected chi connectivity index (χ4v) is 3.17. The lowest BCUT2D eigenvalue weighted by atomic mass is 9.83. The molecule has 1 aliphatic carbocycles. The third-order valence-corrected chi connectivity index (χ3v) is 4.66. The van der Waals surface area contributed by atoms with Crippen molar-refractivity contribution in [3.05, 3.63) is 34.6 Å². The first-order valence-corrected chi connectivity index (χ1v) is 8.16. The Kier molecular flexibility index (Phi) is 5.95. The molecule has 0 bridgehead atoms. The molecule has 0 saturated heterocycles. The van der Waals surface area contributed by atoms with Crippen LogP contribution in [0.2, 0.25) is 5.02 Å². The van der Waals surface area contributed by atoms with Gasteiger partial charge in [-0.05, 0) is 36.5 Å². The number of halogens is 2. The molecule has 120 valence electrons. The maximum absolute atomic E-state index is 13.4. The van der Waals surface area contributed by atoms with Crippen molar-refractivity contribution in [2.45, 2.75) is 51.5 Å². The highest BCUT2D eigenvalue weighted by Crippen LogP contribution is 2.26. The lowest BCUT2D eigenvalue weighted by Crippen LogP contribution is -2.45. The third kappa shape index (κ3) is 4.29. The van der Waals surface area contributed by atoms with Crippen LogP contribution in [0.25, 0.3) is 0 Å². The summed E-state index contributed by atoms with van der Waals surface area (Å²) >= 11 is 5.60. The second-order valence-electron chi connectivity index (χ2n) is 5.88. The van der Waals surface area contributed by atoms with E-state index < -0.39 is 17.5 Å². The molecule has 1 aromatic rings. The van der Waals surface area contributed by atoms with E-state index in [4.69, 9.17) is 11.6 Å². The molecule has 5 heteroatoms. The van der Waals surface area contributed by atoms with Crippen LogP contribution in [0.3, 0.4) is 0 Å². The summed E-state index contributed by atoms with van der Waals surface area (Å²) < 4.78 is 13.4. The molecule has 2 unspecified atom stereocenters. The maximum atomic E-state index is 13.4. The number of ketones is 1. The van der Waals surface area contributed by atoms with Crippen LogP contribution in [-0.2, 0) is 16.0 Å². The first kappa shape index (κ1) is 16.9. The highest BCUT2D eigenvalue weighted by atomic mass is 35.5. The zero-order valence-electron chi connectivity index (χ0n) is 12.7. The fourth-order valence-electron chi connectivity index (χ4n) is 3.05. The van der Waals surface area contributed by atoms with Crippen LogP contribution in [-0.4, -0.2) is 17.7 Å². The largest absolute Gasteiger partial charge is 0.346 e. The molecule has 1 N–H and O–H groups in total. The normalized spacial score (nSPS) is 21.4. The molecule has 1 aromatic carbocycles. The van der Waals surface area contributed by atoms with Crippen molar-refractivity contribution in [2.75, 3.05) is 0 Å². The third-order valence-electron chi connectivity index (χ3n) is 4.35. The number of Topliss-reactive ketones (excluding diaryl/α,β-unsaturated/α-hetero) is 1. The summed E-state index contributed by atoms with van der Waals surface area (Å²) in [6.07, 6.45) is 5.18. The Balaban J connectivity index is 1.94. The van der Waals surface area contributed by atoms with E-state index in [9.17, 15) is 14.0 Å². The summed E-state index contributed by atoms with van der Waals surface area (Å²) in [5.74, 6) is -1.24. The van der Waals surface area contributed by atoms with Crippen molar-refractivity contribution < 1.29 is 14.0 Å². The lowest BCUT2D eigenvalue weighted by Gasteiger charge is -2.31. The van der Waals surface area contributed by atoms with Crippen molar-refractivity contribution in [1.29, 1.82) is 0 Å². The SMILES string of the molecule is CCC1CCCCC1NC(=O)C(=O)Cc1ccc(Cl)c(F)c1. The van der Waals surface area contributed by atoms with E-state index in [0.29, 0.717) is 11.5 Å². The Morgan fingerprint density at radius 3 is 2.73 bits per heavy atom. The van der Waals surface area contributed by atoms with Gasteiger partial charge in [-0.15, -0.1) is 0 Å². The van der Waals surface area contributed by atoms with Gasteiger partial charge in [0.25, 0.3) is 5.91 Å². The molecule has 22 heavy (non-hydrogen) atoms. The van der Waals surface area contributed by atoms with E-state index in [-0.39, 0.29) is 17.5 Å². The van der Waals surface area contributed by atoms with Gasteiger partial charge in [-0.2, -0.15) is 0 Å². The molecule has 0 spiro atoms. The average molecular weight is 326 g/mol. The number of carbonyl (C=O) groups is 2. The van der Waals surface area contributed by atoms with E-state index in [1.807, 2.05) is 0 Å². The average Bonchev–Trinajstić information content (AvgIpc) is 2.51. The van der Waals surface area contributed by atoms with Crippen molar-refractivity contribution >= 4 is 23.3 Å². The van der Waals surface area contributed by atoms with Gasteiger partial charge < -0.3 is 5.32 Å². The standard InChI is InChI=1S/C17H21ClFNO2/c1-2-12-5-3-4-6-15(12)20-17(22)16(21)10-11-7-8-13(18)14(19)9-11/h7-9,12,15H,2-6,10H2,1H3,(H,20,22). The molecule has 3 nitrogen and oxygen atoms in total. The number of amides is 1. The summed E-state index contributed by atoms with van der Waals surface area (Å²) in [5, 5.41) is 2.87. The van der Waals surface area contributed by atoms with Gasteiger partial charge in [0.2, 0.25) is 5.78 Å². The Morgan fingerprint density at radius 1 is 1.32 bits per heavy atom. The molecule has 0 aliphatic heterocycles. The Labute approximate surface area is 135 Å². The van der Waals surface area contributed by atoms with Gasteiger partial charge in [0, 0.05) is 12.5 Å². The number of carbonyl (C=O) groups excluding carboxylic acids is 2. The smallest absolute Gasteiger partial charge is 0.287 e. The van der Waals surface area contributed by atoms with Gasteiger partial charge in [-0.3, -0.25) is 9.59 Å². The van der Waals surface area contributed by atoms with Gasteiger partial charge in [0.15, 0.2) is 0 Å². The minimum atomic E-state index is -0.578.